The summed E-state index contributed by atoms with van der Waals surface area (Å²) >= 11 is 1.72. The maximum absolute atomic E-state index is 13.0. The van der Waals surface area contributed by atoms with E-state index in [2.05, 4.69) is 41.8 Å². The van der Waals surface area contributed by atoms with Crippen molar-refractivity contribution >= 4 is 29.5 Å². The number of piperidine rings is 1. The third kappa shape index (κ3) is 4.84. The van der Waals surface area contributed by atoms with Crippen LogP contribution in [-0.4, -0.2) is 34.7 Å². The van der Waals surface area contributed by atoms with Crippen molar-refractivity contribution in [2.24, 2.45) is 5.92 Å². The molecule has 1 saturated heterocycles. The van der Waals surface area contributed by atoms with E-state index in [1.807, 2.05) is 18.2 Å². The van der Waals surface area contributed by atoms with Gasteiger partial charge in [0.25, 0.3) is 5.91 Å². The van der Waals surface area contributed by atoms with E-state index in [0.717, 1.165) is 28.7 Å². The highest BCUT2D eigenvalue weighted by Crippen LogP contribution is 2.36. The lowest BCUT2D eigenvalue weighted by Crippen LogP contribution is -2.52. The van der Waals surface area contributed by atoms with Crippen molar-refractivity contribution in [3.63, 3.8) is 0 Å². The van der Waals surface area contributed by atoms with Gasteiger partial charge in [0, 0.05) is 41.8 Å². The maximum Gasteiger partial charge on any atom is 0.255 e. The molecule has 1 unspecified atom stereocenters. The van der Waals surface area contributed by atoms with Gasteiger partial charge in [-0.25, -0.2) is 0 Å². The molecule has 172 valence electrons. The molecule has 6 nitrogen and oxygen atoms in total. The molecule has 2 atom stereocenters. The number of fused-ring (bicyclic) bond motifs is 1. The highest BCUT2D eigenvalue weighted by molar-refractivity contribution is 7.98. The van der Waals surface area contributed by atoms with Gasteiger partial charge in [-0.3, -0.25) is 19.7 Å². The Labute approximate surface area is 198 Å². The zero-order valence-corrected chi connectivity index (χ0v) is 19.6. The smallest absolute Gasteiger partial charge is 0.255 e. The average molecular weight is 464 g/mol. The van der Waals surface area contributed by atoms with Gasteiger partial charge in [0.1, 0.15) is 6.04 Å². The summed E-state index contributed by atoms with van der Waals surface area (Å²) in [5.74, 6) is 0.902. The molecule has 1 saturated carbocycles. The number of carbonyl (C=O) groups is 3. The molecular weight excluding hydrogens is 434 g/mol. The lowest BCUT2D eigenvalue weighted by molar-refractivity contribution is -0.136. The third-order valence-electron chi connectivity index (χ3n) is 6.91. The van der Waals surface area contributed by atoms with Crippen LogP contribution in [0.4, 0.5) is 0 Å². The molecule has 33 heavy (non-hydrogen) atoms. The van der Waals surface area contributed by atoms with Crippen LogP contribution in [0, 0.1) is 5.92 Å². The predicted molar refractivity (Wildman–Crippen MR) is 128 cm³/mol. The Morgan fingerprint density at radius 2 is 1.82 bits per heavy atom. The van der Waals surface area contributed by atoms with Gasteiger partial charge in [0.15, 0.2) is 0 Å². The first-order valence-electron chi connectivity index (χ1n) is 11.7. The zero-order valence-electron chi connectivity index (χ0n) is 18.8. The molecule has 3 amide bonds. The summed E-state index contributed by atoms with van der Waals surface area (Å²) in [4.78, 5) is 39.4. The summed E-state index contributed by atoms with van der Waals surface area (Å²) in [7, 11) is 0. The van der Waals surface area contributed by atoms with E-state index in [1.54, 1.807) is 16.7 Å². The summed E-state index contributed by atoms with van der Waals surface area (Å²) in [6.07, 6.45) is 3.35. The first kappa shape index (κ1) is 22.2. The van der Waals surface area contributed by atoms with E-state index >= 15 is 0 Å². The monoisotopic (exact) mass is 463 g/mol. The number of rotatable bonds is 8. The second-order valence-electron chi connectivity index (χ2n) is 9.29. The Bertz CT molecular complexity index is 1080. The fourth-order valence-corrected chi connectivity index (χ4v) is 5.69. The van der Waals surface area contributed by atoms with Crippen molar-refractivity contribution in [1.82, 2.24) is 15.5 Å². The van der Waals surface area contributed by atoms with Gasteiger partial charge >= 0.3 is 0 Å². The molecule has 2 heterocycles. The average Bonchev–Trinajstić information content (AvgIpc) is 3.61. The largest absolute Gasteiger partial charge is 0.322 e. The molecule has 2 N–H and O–H groups in total. The first-order chi connectivity index (χ1) is 16.0. The van der Waals surface area contributed by atoms with Crippen molar-refractivity contribution in [2.45, 2.75) is 68.4 Å². The Morgan fingerprint density at radius 3 is 2.55 bits per heavy atom. The topological polar surface area (TPSA) is 78.5 Å². The number of thioether (sulfide) groups is 1. The van der Waals surface area contributed by atoms with E-state index < -0.39 is 6.04 Å². The lowest BCUT2D eigenvalue weighted by atomic mass is 10.0. The van der Waals surface area contributed by atoms with Crippen LogP contribution in [-0.2, 0) is 28.4 Å². The molecule has 0 aromatic heterocycles. The fraction of sp³-hybridized carbons (Fsp3) is 0.423. The van der Waals surface area contributed by atoms with Gasteiger partial charge in [-0.1, -0.05) is 30.3 Å². The van der Waals surface area contributed by atoms with Crippen molar-refractivity contribution in [3.8, 4) is 0 Å². The van der Waals surface area contributed by atoms with E-state index in [0.29, 0.717) is 24.6 Å². The van der Waals surface area contributed by atoms with Gasteiger partial charge in [-0.2, -0.15) is 0 Å². The third-order valence-corrected chi connectivity index (χ3v) is 8.08. The summed E-state index contributed by atoms with van der Waals surface area (Å²) in [6.45, 7) is 3.58. The second kappa shape index (κ2) is 9.31. The summed E-state index contributed by atoms with van der Waals surface area (Å²) in [5.41, 5.74) is 4.17. The normalized spacial score (nSPS) is 21.2. The summed E-state index contributed by atoms with van der Waals surface area (Å²) in [6, 6.07) is 14.5. The quantitative estimate of drug-likeness (QED) is 0.462. The Morgan fingerprint density at radius 1 is 1.06 bits per heavy atom. The molecule has 3 aliphatic rings. The van der Waals surface area contributed by atoms with Crippen LogP contribution in [0.3, 0.4) is 0 Å². The van der Waals surface area contributed by atoms with E-state index in [-0.39, 0.29) is 24.1 Å². The van der Waals surface area contributed by atoms with Crippen LogP contribution in [0.15, 0.2) is 47.4 Å². The fourth-order valence-electron chi connectivity index (χ4n) is 4.65. The standard InChI is InChI=1S/C26H29N3O3S/c1-16(19-9-10-19)27-13-17-5-7-18(8-6-17)15-33-23-4-2-3-20-21(23)14-29(26(20)32)22-11-12-24(30)28-25(22)31/h2-8,16,19,22,27H,9-15H2,1H3,(H,28,30,31)/t16-,22?/m1/s1. The molecular formula is C26H29N3O3S. The molecule has 7 heteroatoms. The molecule has 2 fully saturated rings. The summed E-state index contributed by atoms with van der Waals surface area (Å²) in [5, 5.41) is 5.98. The van der Waals surface area contributed by atoms with Crippen LogP contribution in [0.1, 0.15) is 59.7 Å². The molecule has 0 bridgehead atoms. The number of nitrogens with zero attached hydrogens (tertiary/aromatic N) is 1. The molecule has 1 aliphatic carbocycles. The lowest BCUT2D eigenvalue weighted by Gasteiger charge is -2.29. The number of carbonyl (C=O) groups excluding carboxylic acids is 3. The molecule has 2 aromatic rings. The number of nitrogens with one attached hydrogen (secondary N) is 2. The van der Waals surface area contributed by atoms with Crippen molar-refractivity contribution in [2.75, 3.05) is 0 Å². The number of benzene rings is 2. The van der Waals surface area contributed by atoms with E-state index in [4.69, 9.17) is 0 Å². The van der Waals surface area contributed by atoms with Gasteiger partial charge in [0.05, 0.1) is 0 Å². The zero-order chi connectivity index (χ0) is 22.9. The van der Waals surface area contributed by atoms with Crippen LogP contribution in [0.2, 0.25) is 0 Å². The van der Waals surface area contributed by atoms with Crippen LogP contribution in [0.25, 0.3) is 0 Å². The van der Waals surface area contributed by atoms with Gasteiger partial charge in [-0.05, 0) is 60.9 Å². The van der Waals surface area contributed by atoms with Crippen LogP contribution < -0.4 is 10.6 Å². The molecule has 2 aliphatic heterocycles. The minimum Gasteiger partial charge on any atom is -0.322 e. The van der Waals surface area contributed by atoms with E-state index in [1.165, 1.54) is 24.0 Å². The summed E-state index contributed by atoms with van der Waals surface area (Å²) < 4.78 is 0. The highest BCUT2D eigenvalue weighted by Gasteiger charge is 2.39. The van der Waals surface area contributed by atoms with Crippen LogP contribution >= 0.6 is 11.8 Å². The Hall–Kier alpha value is -2.64. The minimum absolute atomic E-state index is 0.126. The Kier molecular flexibility index (Phi) is 6.25. The van der Waals surface area contributed by atoms with Crippen molar-refractivity contribution < 1.29 is 14.4 Å². The molecule has 5 rings (SSSR count). The van der Waals surface area contributed by atoms with Gasteiger partial charge in [-0.15, -0.1) is 11.8 Å². The number of amides is 3. The number of imide groups is 1. The van der Waals surface area contributed by atoms with Crippen molar-refractivity contribution in [1.29, 1.82) is 0 Å². The SMILES string of the molecule is C[C@@H](NCc1ccc(CSc2cccc3c2CN(C2CCC(=O)NC2=O)C3=O)cc1)C1CC1. The first-order valence-corrected chi connectivity index (χ1v) is 12.7. The molecule has 2 aromatic carbocycles. The number of hydrogen-bond acceptors (Lipinski definition) is 5. The van der Waals surface area contributed by atoms with Gasteiger partial charge in [0.2, 0.25) is 11.8 Å². The molecule has 0 spiro atoms. The Balaban J connectivity index is 1.21. The van der Waals surface area contributed by atoms with Gasteiger partial charge < -0.3 is 10.2 Å². The van der Waals surface area contributed by atoms with Crippen LogP contribution in [0.5, 0.6) is 0 Å². The predicted octanol–water partition coefficient (Wildman–Crippen LogP) is 3.63. The molecule has 0 radical (unpaired) electrons. The highest BCUT2D eigenvalue weighted by atomic mass is 32.2. The number of hydrogen-bond donors (Lipinski definition) is 2. The second-order valence-corrected chi connectivity index (χ2v) is 10.3. The van der Waals surface area contributed by atoms with E-state index in [9.17, 15) is 14.4 Å². The maximum atomic E-state index is 13.0. The minimum atomic E-state index is -0.579. The van der Waals surface area contributed by atoms with Crippen molar-refractivity contribution in [3.05, 3.63) is 64.7 Å².